The Morgan fingerprint density at radius 2 is 1.06 bits per heavy atom. The van der Waals surface area contributed by atoms with E-state index in [0.29, 0.717) is 80.5 Å². The standard InChI is InChI=1S/C40H56ClN3O11.C34H48ClN3O9.C6H8O4.CN.B.Na/c1-24-11-10-12-31(52-6)40(50)23-30(53-38(49)42-40)25(2)36-39(3,55-36)32(22-33(45)43(4)28-20-26(19-24)21-29(51-5)35(28)41)54-34(46)13-8-7-9-16-44-17-14-27(15-18-44)37(47)48;1-20-11-10-12-26(44-6)34(42)19-25(45-32(41)37-34)21(2)31-33(3,47-31)27(46-29(40)13-8-7-9-14-36)18-28(39)38(4)23-16-22(15-20)17-24(43-5)30(23)35;7-3-1-5(2-4-8)6(9)10;1-2;;/h10-12,20-21,25,27,30-32,36,50H,7-9,13-19,22-23H2,1-6H3,(H,42,49)(H,47,48);10-12,16-17,21,25-27,31,42H,7-9,13-15,18-19,36H2,1-6H3,(H,37,41);3-5H,1-2H2,(H,9,10);;;/q;;;-1;;+1/b12-10+,24-11+;12-10+,20-11+;;;;/t25-,30+,31-,32+,36+,39+,40+;21-,25+,26-,27+,31+,33+,34+;;;;/m11..../s1. The second-order valence-electron chi connectivity index (χ2n) is 30.3. The summed E-state index contributed by atoms with van der Waals surface area (Å²) in [6.07, 6.45) is 9.84. The maximum Gasteiger partial charge on any atom is 1.00 e. The number of piperidine rings is 1. The third kappa shape index (κ3) is 27.3. The molecule has 7 aliphatic heterocycles. The number of aldehydes is 2. The minimum absolute atomic E-state index is 0. The monoisotopic (exact) mass is 1670 g/mol. The van der Waals surface area contributed by atoms with Crippen LogP contribution < -0.4 is 65.2 Å². The number of likely N-dealkylation sites (tertiary alicyclic amines) is 1. The maximum absolute atomic E-state index is 14.1. The minimum atomic E-state index is -1.80. The first kappa shape index (κ1) is 101. The van der Waals surface area contributed by atoms with Crippen LogP contribution in [0.5, 0.6) is 11.5 Å². The quantitative estimate of drug-likeness (QED) is 0.0131. The van der Waals surface area contributed by atoms with Crippen molar-refractivity contribution in [3.05, 3.63) is 99.6 Å². The van der Waals surface area contributed by atoms with E-state index in [1.807, 2.05) is 64.1 Å². The molecule has 5 fully saturated rings. The van der Waals surface area contributed by atoms with E-state index in [4.69, 9.17) is 93.2 Å². The summed E-state index contributed by atoms with van der Waals surface area (Å²) in [7, 11) is 9.13. The zero-order chi connectivity index (χ0) is 84.6. The van der Waals surface area contributed by atoms with Crippen molar-refractivity contribution in [3.63, 3.8) is 0 Å². The van der Waals surface area contributed by atoms with Crippen LogP contribution in [0, 0.1) is 35.5 Å². The molecule has 0 unspecified atom stereocenters. The van der Waals surface area contributed by atoms with Crippen molar-refractivity contribution in [2.75, 3.05) is 78.5 Å². The number of allylic oxidation sites excluding steroid dienone is 6. The number of carboxylic acid groups (broad SMARTS) is 2. The van der Waals surface area contributed by atoms with Gasteiger partial charge in [0.15, 0.2) is 11.4 Å². The molecular formula is C81H112BCl2N7NaO24. The van der Waals surface area contributed by atoms with Crippen molar-refractivity contribution in [3.8, 4) is 11.5 Å². The van der Waals surface area contributed by atoms with Crippen LogP contribution in [0.25, 0.3) is 0 Å². The van der Waals surface area contributed by atoms with Gasteiger partial charge in [-0.25, -0.2) is 9.59 Å². The number of hydrogen-bond acceptors (Lipinski definition) is 25. The Bertz CT molecular complexity index is 3860. The van der Waals surface area contributed by atoms with Gasteiger partial charge in [0.1, 0.15) is 81.9 Å². The van der Waals surface area contributed by atoms with Gasteiger partial charge in [-0.05, 0) is 141 Å². The molecule has 14 atom stereocenters. The van der Waals surface area contributed by atoms with Gasteiger partial charge in [-0.2, -0.15) is 0 Å². The number of hydrogen-bond donors (Lipinski definition) is 7. The van der Waals surface area contributed by atoms with Gasteiger partial charge < -0.3 is 110 Å². The summed E-state index contributed by atoms with van der Waals surface area (Å²) in [5.74, 6) is -4.71. The number of carboxylic acids is 2. The smallest absolute Gasteiger partial charge is 0.512 e. The van der Waals surface area contributed by atoms with Crippen molar-refractivity contribution in [2.24, 2.45) is 29.4 Å². The number of amides is 4. The van der Waals surface area contributed by atoms with E-state index in [-0.39, 0.29) is 117 Å². The van der Waals surface area contributed by atoms with Crippen LogP contribution in [0.1, 0.15) is 155 Å². The Morgan fingerprint density at radius 3 is 1.41 bits per heavy atom. The van der Waals surface area contributed by atoms with Gasteiger partial charge in [0.05, 0.1) is 62.5 Å². The summed E-state index contributed by atoms with van der Waals surface area (Å²) in [6.45, 7) is 18.7. The largest absolute Gasteiger partial charge is 1.00 e. The Morgan fingerprint density at radius 1 is 0.664 bits per heavy atom. The number of nitrogens with zero attached hydrogens (tertiary/aromatic N) is 4. The van der Waals surface area contributed by atoms with Crippen molar-refractivity contribution in [2.45, 2.75) is 229 Å². The molecule has 116 heavy (non-hydrogen) atoms. The number of aliphatic hydroxyl groups is 2. The second-order valence-corrected chi connectivity index (χ2v) is 31.0. The minimum Gasteiger partial charge on any atom is -0.512 e. The molecule has 4 amide bonds. The zero-order valence-corrected chi connectivity index (χ0v) is 72.1. The van der Waals surface area contributed by atoms with Crippen LogP contribution in [0.3, 0.4) is 0 Å². The normalized spacial score (nSPS) is 29.6. The predicted molar refractivity (Wildman–Crippen MR) is 423 cm³/mol. The topological polar surface area (TPSA) is 434 Å². The van der Waals surface area contributed by atoms with Crippen LogP contribution in [0.4, 0.5) is 21.0 Å². The van der Waals surface area contributed by atoms with E-state index in [2.05, 4.69) is 15.5 Å². The summed E-state index contributed by atoms with van der Waals surface area (Å²) in [5.41, 5.74) is 4.27. The van der Waals surface area contributed by atoms with Gasteiger partial charge in [-0.15, -0.1) is 0 Å². The van der Waals surface area contributed by atoms with Crippen LogP contribution >= 0.6 is 23.2 Å². The molecule has 633 valence electrons. The molecule has 2 aromatic carbocycles. The second kappa shape index (κ2) is 46.8. The van der Waals surface area contributed by atoms with Crippen molar-refractivity contribution >= 4 is 103 Å². The maximum atomic E-state index is 14.1. The summed E-state index contributed by atoms with van der Waals surface area (Å²) in [6, 6.07) is 7.27. The summed E-state index contributed by atoms with van der Waals surface area (Å²) >= 11 is 13.5. The average Bonchev–Trinajstić information content (AvgIpc) is 1.57. The molecule has 5 saturated heterocycles. The number of nitrogens with one attached hydrogen (secondary N) is 2. The van der Waals surface area contributed by atoms with E-state index < -0.39 is 125 Å². The number of esters is 2. The summed E-state index contributed by atoms with van der Waals surface area (Å²) < 4.78 is 58.2. The average molecular weight is 1670 g/mol. The molecule has 7 heterocycles. The molecule has 0 aliphatic carbocycles. The Kier molecular flexibility index (Phi) is 40.7. The van der Waals surface area contributed by atoms with E-state index in [1.165, 1.54) is 38.2 Å². The molecule has 8 bridgehead atoms. The first-order valence-electron chi connectivity index (χ1n) is 38.2. The number of unbranched alkanes of at least 4 members (excludes halogenated alkanes) is 4. The molecule has 31 nitrogen and oxygen atoms in total. The van der Waals surface area contributed by atoms with E-state index in [0.717, 1.165) is 67.6 Å². The molecule has 8 N–H and O–H groups in total. The predicted octanol–water partition coefficient (Wildman–Crippen LogP) is 5.80. The number of carbonyl (C=O) groups excluding carboxylic acids is 8. The van der Waals surface area contributed by atoms with E-state index in [1.54, 1.807) is 52.2 Å². The zero-order valence-electron chi connectivity index (χ0n) is 68.6. The van der Waals surface area contributed by atoms with E-state index in [9.17, 15) is 63.3 Å². The molecule has 0 aromatic heterocycles. The van der Waals surface area contributed by atoms with Gasteiger partial charge in [-0.3, -0.25) is 39.4 Å². The van der Waals surface area contributed by atoms with E-state index >= 15 is 0 Å². The van der Waals surface area contributed by atoms with Crippen LogP contribution in [0.2, 0.25) is 10.0 Å². The molecule has 2 aromatic rings. The summed E-state index contributed by atoms with van der Waals surface area (Å²) in [4.78, 5) is 126. The SMILES string of the molecule is COc1cc2cc(c1Cl)N(C)C(=O)C[C@H](OC(=O)CCCCCN)[C@]1(C)O[C@H]1[C@H](C)[C@@H]1C[C@@](O)(NC(=O)O1)[C@H](OC)/C=C/C=C(\C)C2.COc1cc2cc(c1Cl)N(C)C(=O)C[C@H](OC(=O)CCCCCN1CCC(C(=O)O)CC1)[C@]1(C)O[C@H]1[C@H](C)[C@@H]1C[C@@](O)(NC(=O)O1)[C@H](OC)/C=C/C=C(\C)C2.O=CCC(CC=O)C(=O)O.[B].[C-]#N.[Na+]. The number of ether oxygens (including phenoxy) is 10. The molecule has 3 radical (unpaired) electrons. The Hall–Kier alpha value is -7.49. The Balaban J connectivity index is 0.000000425. The number of methoxy groups -OCH3 is 4. The third-order valence-corrected chi connectivity index (χ3v) is 22.7. The van der Waals surface area contributed by atoms with Crippen molar-refractivity contribution in [1.29, 1.82) is 5.26 Å². The number of anilines is 2. The van der Waals surface area contributed by atoms with Crippen molar-refractivity contribution in [1.82, 2.24) is 15.5 Å². The van der Waals surface area contributed by atoms with Crippen LogP contribution in [-0.4, -0.2) is 234 Å². The van der Waals surface area contributed by atoms with Gasteiger partial charge in [0.2, 0.25) is 11.8 Å². The number of halogens is 2. The first-order chi connectivity index (χ1) is 54.0. The fourth-order valence-corrected chi connectivity index (χ4v) is 15.6. The van der Waals surface area contributed by atoms with Gasteiger partial charge in [0, 0.05) is 87.1 Å². The third-order valence-electron chi connectivity index (χ3n) is 21.9. The number of benzene rings is 2. The number of epoxide rings is 2. The number of carbonyl (C=O) groups is 10. The number of rotatable bonds is 23. The molecule has 9 rings (SSSR count). The molecular weight excluding hydrogens is 1560 g/mol. The number of alkyl carbamates (subject to hydrolysis) is 2. The fourth-order valence-electron chi connectivity index (χ4n) is 15.0. The van der Waals surface area contributed by atoms with Gasteiger partial charge >= 0.3 is 65.6 Å². The van der Waals surface area contributed by atoms with Crippen LogP contribution in [0.15, 0.2) is 71.9 Å². The molecule has 0 spiro atoms. The number of aliphatic carboxylic acids is 2. The molecule has 35 heteroatoms. The van der Waals surface area contributed by atoms with Crippen molar-refractivity contribution < 1.29 is 145 Å². The van der Waals surface area contributed by atoms with Gasteiger partial charge in [-0.1, -0.05) is 97.5 Å². The molecule has 7 aliphatic rings. The molecule has 0 saturated carbocycles. The van der Waals surface area contributed by atoms with Gasteiger partial charge in [0.25, 0.3) is 0 Å². The number of nitrogens with two attached hydrogens (primary N) is 1. The summed E-state index contributed by atoms with van der Waals surface area (Å²) in [5, 5.41) is 52.8. The first-order valence-corrected chi connectivity index (χ1v) is 39.0. The Labute approximate surface area is 712 Å². The number of fused-ring (bicyclic) bond motifs is 10. The van der Waals surface area contributed by atoms with Crippen LogP contribution in [-0.2, 0) is 89.1 Å². The fraction of sp³-hybridized carbons (Fsp3) is 0.617.